The molecule has 0 aliphatic heterocycles. The van der Waals surface area contributed by atoms with Crippen molar-refractivity contribution < 1.29 is 13.2 Å². The van der Waals surface area contributed by atoms with Crippen molar-refractivity contribution in [2.24, 2.45) is 0 Å². The maximum absolute atomic E-state index is 12.0. The Morgan fingerprint density at radius 3 is 2.80 bits per heavy atom. The van der Waals surface area contributed by atoms with E-state index in [1.807, 2.05) is 18.4 Å². The molecule has 0 bridgehead atoms. The third-order valence-corrected chi connectivity index (χ3v) is 4.65. The monoisotopic (exact) mass is 305 g/mol. The average Bonchev–Trinajstić information content (AvgIpc) is 2.83. The second kappa shape index (κ2) is 7.67. The zero-order valence-corrected chi connectivity index (χ0v) is 13.2. The van der Waals surface area contributed by atoms with Crippen LogP contribution in [-0.4, -0.2) is 54.3 Å². The van der Waals surface area contributed by atoms with Crippen LogP contribution in [0.1, 0.15) is 26.1 Å². The smallest absolute Gasteiger partial charge is 0.279 e. The van der Waals surface area contributed by atoms with E-state index in [9.17, 15) is 8.42 Å². The van der Waals surface area contributed by atoms with Gasteiger partial charge in [-0.2, -0.15) is 17.4 Å². The predicted octanol–water partition coefficient (Wildman–Crippen LogP) is -0.0108. The molecule has 9 heteroatoms. The molecule has 0 amide bonds. The van der Waals surface area contributed by atoms with E-state index >= 15 is 0 Å². The lowest BCUT2D eigenvalue weighted by Crippen LogP contribution is -2.41. The third-order valence-electron chi connectivity index (χ3n) is 2.96. The molecule has 8 nitrogen and oxygen atoms in total. The first-order valence-electron chi connectivity index (χ1n) is 6.46. The first-order valence-corrected chi connectivity index (χ1v) is 7.90. The summed E-state index contributed by atoms with van der Waals surface area (Å²) in [5.74, 6) is 0.585. The molecule has 0 aliphatic rings. The molecule has 0 aromatic carbocycles. The van der Waals surface area contributed by atoms with Gasteiger partial charge in [0.05, 0.1) is 6.54 Å². The minimum absolute atomic E-state index is 0.105. The van der Waals surface area contributed by atoms with E-state index < -0.39 is 10.2 Å². The van der Waals surface area contributed by atoms with Crippen molar-refractivity contribution in [3.8, 4) is 0 Å². The molecular formula is C11H23N5O3S. The summed E-state index contributed by atoms with van der Waals surface area (Å²) in [6.45, 7) is 5.07. The topological polar surface area (TPSA) is 89.3 Å². The number of aryl methyl sites for hydroxylation is 1. The van der Waals surface area contributed by atoms with Gasteiger partial charge in [0.25, 0.3) is 10.2 Å². The highest BCUT2D eigenvalue weighted by atomic mass is 32.2. The molecular weight excluding hydrogens is 282 g/mol. The van der Waals surface area contributed by atoms with Crippen molar-refractivity contribution in [1.82, 2.24) is 23.8 Å². The van der Waals surface area contributed by atoms with Gasteiger partial charge < -0.3 is 9.30 Å². The molecule has 0 saturated carbocycles. The Labute approximate surface area is 120 Å². The molecule has 0 fully saturated rings. The molecule has 116 valence electrons. The number of hydrogen-bond donors (Lipinski definition) is 1. The summed E-state index contributed by atoms with van der Waals surface area (Å²) >= 11 is 0. The van der Waals surface area contributed by atoms with Gasteiger partial charge in [0.1, 0.15) is 12.2 Å². The highest BCUT2D eigenvalue weighted by Crippen LogP contribution is 2.03. The maximum atomic E-state index is 12.0. The van der Waals surface area contributed by atoms with E-state index in [0.717, 1.165) is 6.42 Å². The number of rotatable bonds is 9. The van der Waals surface area contributed by atoms with Gasteiger partial charge in [-0.05, 0) is 20.3 Å². The zero-order chi connectivity index (χ0) is 15.2. The molecule has 1 aromatic heterocycles. The van der Waals surface area contributed by atoms with Crippen molar-refractivity contribution in [3.05, 3.63) is 12.2 Å². The Balaban J connectivity index is 2.60. The summed E-state index contributed by atoms with van der Waals surface area (Å²) in [5.41, 5.74) is 0. The van der Waals surface area contributed by atoms with Gasteiger partial charge in [-0.3, -0.25) is 0 Å². The van der Waals surface area contributed by atoms with Gasteiger partial charge in [0.2, 0.25) is 0 Å². The maximum Gasteiger partial charge on any atom is 0.279 e. The Kier molecular flexibility index (Phi) is 6.53. The predicted molar refractivity (Wildman–Crippen MR) is 75.2 cm³/mol. The number of aromatic nitrogens is 3. The number of methoxy groups -OCH3 is 1. The molecule has 0 saturated heterocycles. The SMILES string of the molecule is COCCCn1cnnc1CNS(=O)(=O)N(C)C(C)C. The average molecular weight is 305 g/mol. The van der Waals surface area contributed by atoms with E-state index in [1.165, 1.54) is 11.4 Å². The fourth-order valence-electron chi connectivity index (χ4n) is 1.52. The lowest BCUT2D eigenvalue weighted by atomic mass is 10.4. The number of nitrogens with one attached hydrogen (secondary N) is 1. The van der Waals surface area contributed by atoms with Crippen molar-refractivity contribution in [2.75, 3.05) is 20.8 Å². The molecule has 20 heavy (non-hydrogen) atoms. The van der Waals surface area contributed by atoms with Crippen molar-refractivity contribution in [3.63, 3.8) is 0 Å². The van der Waals surface area contributed by atoms with E-state index in [0.29, 0.717) is 19.0 Å². The van der Waals surface area contributed by atoms with Crippen LogP contribution in [0.3, 0.4) is 0 Å². The van der Waals surface area contributed by atoms with E-state index in [4.69, 9.17) is 4.74 Å². The highest BCUT2D eigenvalue weighted by molar-refractivity contribution is 7.87. The molecule has 1 heterocycles. The Bertz CT molecular complexity index is 500. The molecule has 0 aliphatic carbocycles. The van der Waals surface area contributed by atoms with Crippen LogP contribution in [0.15, 0.2) is 6.33 Å². The van der Waals surface area contributed by atoms with Crippen LogP contribution < -0.4 is 4.72 Å². The van der Waals surface area contributed by atoms with Crippen LogP contribution >= 0.6 is 0 Å². The minimum atomic E-state index is -3.50. The fourth-order valence-corrected chi connectivity index (χ4v) is 2.59. The summed E-state index contributed by atoms with van der Waals surface area (Å²) in [6.07, 6.45) is 2.41. The molecule has 1 rings (SSSR count). The highest BCUT2D eigenvalue weighted by Gasteiger charge is 2.20. The molecule has 1 aromatic rings. The summed E-state index contributed by atoms with van der Waals surface area (Å²) in [4.78, 5) is 0. The van der Waals surface area contributed by atoms with Crippen molar-refractivity contribution in [1.29, 1.82) is 0 Å². The second-order valence-electron chi connectivity index (χ2n) is 4.72. The number of hydrogen-bond acceptors (Lipinski definition) is 5. The van der Waals surface area contributed by atoms with Crippen molar-refractivity contribution >= 4 is 10.2 Å². The summed E-state index contributed by atoms with van der Waals surface area (Å²) in [7, 11) is -0.320. The van der Waals surface area contributed by atoms with Crippen LogP contribution in [0.5, 0.6) is 0 Å². The van der Waals surface area contributed by atoms with Crippen LogP contribution in [-0.2, 0) is 28.0 Å². The quantitative estimate of drug-likeness (QED) is 0.648. The molecule has 0 spiro atoms. The van der Waals surface area contributed by atoms with E-state index in [1.54, 1.807) is 13.4 Å². The van der Waals surface area contributed by atoms with Gasteiger partial charge in [-0.15, -0.1) is 10.2 Å². The van der Waals surface area contributed by atoms with Gasteiger partial charge in [-0.25, -0.2) is 0 Å². The summed E-state index contributed by atoms with van der Waals surface area (Å²) in [5, 5.41) is 7.73. The van der Waals surface area contributed by atoms with Crippen LogP contribution in [0.4, 0.5) is 0 Å². The lowest BCUT2D eigenvalue weighted by molar-refractivity contribution is 0.190. The number of ether oxygens (including phenoxy) is 1. The third kappa shape index (κ3) is 4.82. The first-order chi connectivity index (χ1) is 9.38. The summed E-state index contributed by atoms with van der Waals surface area (Å²) in [6, 6.07) is -0.105. The lowest BCUT2D eigenvalue weighted by Gasteiger charge is -2.21. The molecule has 1 N–H and O–H groups in total. The molecule has 0 unspecified atom stereocenters. The van der Waals surface area contributed by atoms with Crippen molar-refractivity contribution in [2.45, 2.75) is 39.4 Å². The Morgan fingerprint density at radius 1 is 1.50 bits per heavy atom. The summed E-state index contributed by atoms with van der Waals surface area (Å²) < 4.78 is 34.5. The largest absolute Gasteiger partial charge is 0.385 e. The van der Waals surface area contributed by atoms with E-state index in [-0.39, 0.29) is 12.6 Å². The molecule has 0 radical (unpaired) electrons. The first kappa shape index (κ1) is 17.0. The Morgan fingerprint density at radius 2 is 2.20 bits per heavy atom. The zero-order valence-electron chi connectivity index (χ0n) is 12.4. The standard InChI is InChI=1S/C11H23N5O3S/c1-10(2)15(3)20(17,18)13-8-11-14-12-9-16(11)6-5-7-19-4/h9-10,13H,5-8H2,1-4H3. The molecule has 0 atom stereocenters. The van der Waals surface area contributed by atoms with E-state index in [2.05, 4.69) is 14.9 Å². The van der Waals surface area contributed by atoms with Crippen LogP contribution in [0.25, 0.3) is 0 Å². The van der Waals surface area contributed by atoms with Gasteiger partial charge in [-0.1, -0.05) is 0 Å². The van der Waals surface area contributed by atoms with Gasteiger partial charge in [0.15, 0.2) is 0 Å². The second-order valence-corrected chi connectivity index (χ2v) is 6.54. The van der Waals surface area contributed by atoms with Gasteiger partial charge >= 0.3 is 0 Å². The number of nitrogens with zero attached hydrogens (tertiary/aromatic N) is 4. The fraction of sp³-hybridized carbons (Fsp3) is 0.818. The Hall–Kier alpha value is -1.03. The van der Waals surface area contributed by atoms with Gasteiger partial charge in [0, 0.05) is 33.4 Å². The van der Waals surface area contributed by atoms with Crippen LogP contribution in [0.2, 0.25) is 0 Å². The minimum Gasteiger partial charge on any atom is -0.385 e. The van der Waals surface area contributed by atoms with Crippen LogP contribution in [0, 0.1) is 0 Å². The normalized spacial score (nSPS) is 12.5.